The summed E-state index contributed by atoms with van der Waals surface area (Å²) in [6, 6.07) is 17.2. The average molecular weight is 483 g/mol. The number of ether oxygens (including phenoxy) is 2. The molecule has 1 atom stereocenters. The van der Waals surface area contributed by atoms with Crippen LogP contribution in [0.4, 0.5) is 4.39 Å². The van der Waals surface area contributed by atoms with Gasteiger partial charge < -0.3 is 9.47 Å². The first-order valence-electron chi connectivity index (χ1n) is 13.8. The van der Waals surface area contributed by atoms with Crippen LogP contribution in [0.15, 0.2) is 48.5 Å². The van der Waals surface area contributed by atoms with E-state index in [1.807, 2.05) is 19.1 Å². The Morgan fingerprint density at radius 2 is 1.49 bits per heavy atom. The maximum absolute atomic E-state index is 13.9. The SMILES string of the molecule is CCCCCCc1ccc(-c2ccc(OCC3CCC(OC(=O)[C@@H](F)CCCC)CC3)cc2)cc1. The summed E-state index contributed by atoms with van der Waals surface area (Å²) in [6.45, 7) is 4.90. The third-order valence-electron chi connectivity index (χ3n) is 7.09. The molecule has 0 spiro atoms. The Morgan fingerprint density at radius 1 is 0.857 bits per heavy atom. The molecule has 0 aromatic heterocycles. The first-order valence-corrected chi connectivity index (χ1v) is 13.8. The minimum Gasteiger partial charge on any atom is -0.493 e. The zero-order valence-electron chi connectivity index (χ0n) is 21.6. The van der Waals surface area contributed by atoms with Gasteiger partial charge in [-0.25, -0.2) is 9.18 Å². The van der Waals surface area contributed by atoms with Crippen LogP contribution in [0.3, 0.4) is 0 Å². The molecular formula is C31H43FO3. The van der Waals surface area contributed by atoms with E-state index >= 15 is 0 Å². The van der Waals surface area contributed by atoms with E-state index in [0.29, 0.717) is 18.9 Å². The molecule has 0 unspecified atom stereocenters. The molecule has 0 bridgehead atoms. The van der Waals surface area contributed by atoms with Crippen LogP contribution in [0.25, 0.3) is 11.1 Å². The summed E-state index contributed by atoms with van der Waals surface area (Å²) in [5.74, 6) is 0.640. The lowest BCUT2D eigenvalue weighted by molar-refractivity contribution is -0.157. The van der Waals surface area contributed by atoms with Crippen molar-refractivity contribution < 1.29 is 18.7 Å². The van der Waals surface area contributed by atoms with Crippen molar-refractivity contribution in [1.82, 2.24) is 0 Å². The van der Waals surface area contributed by atoms with Gasteiger partial charge in [-0.15, -0.1) is 0 Å². The standard InChI is InChI=1S/C31H43FO3/c1-3-5-7-8-9-24-11-15-26(16-12-24)27-17-21-28(22-18-27)34-23-25-13-19-29(20-14-25)35-31(33)30(32)10-6-4-2/h11-12,15-18,21-22,25,29-30H,3-10,13-14,19-20,23H2,1-2H3/t25?,29?,30-/m0/s1. The number of unbranched alkanes of at least 4 members (excludes halogenated alkanes) is 4. The summed E-state index contributed by atoms with van der Waals surface area (Å²) in [5, 5.41) is 0. The molecule has 1 aliphatic carbocycles. The van der Waals surface area contributed by atoms with Crippen LogP contribution in [0.1, 0.15) is 90.0 Å². The van der Waals surface area contributed by atoms with Crippen LogP contribution in [0.2, 0.25) is 0 Å². The van der Waals surface area contributed by atoms with Gasteiger partial charge in [0.1, 0.15) is 11.9 Å². The van der Waals surface area contributed by atoms with Crippen molar-refractivity contribution in [1.29, 1.82) is 0 Å². The van der Waals surface area contributed by atoms with Crippen molar-refractivity contribution in [2.75, 3.05) is 6.61 Å². The highest BCUT2D eigenvalue weighted by Gasteiger charge is 2.27. The van der Waals surface area contributed by atoms with Gasteiger partial charge in [0.25, 0.3) is 0 Å². The van der Waals surface area contributed by atoms with Crippen molar-refractivity contribution in [3.8, 4) is 16.9 Å². The van der Waals surface area contributed by atoms with E-state index in [9.17, 15) is 9.18 Å². The summed E-state index contributed by atoms with van der Waals surface area (Å²) < 4.78 is 25.3. The molecule has 0 heterocycles. The molecule has 0 N–H and O–H groups in total. The normalized spacial score (nSPS) is 18.7. The second-order valence-corrected chi connectivity index (χ2v) is 10.0. The Morgan fingerprint density at radius 3 is 2.11 bits per heavy atom. The van der Waals surface area contributed by atoms with E-state index < -0.39 is 12.1 Å². The lowest BCUT2D eigenvalue weighted by Crippen LogP contribution is -2.30. The highest BCUT2D eigenvalue weighted by Crippen LogP contribution is 2.29. The number of carbonyl (C=O) groups is 1. The topological polar surface area (TPSA) is 35.5 Å². The highest BCUT2D eigenvalue weighted by atomic mass is 19.1. The lowest BCUT2D eigenvalue weighted by Gasteiger charge is -2.28. The van der Waals surface area contributed by atoms with E-state index in [1.165, 1.54) is 42.4 Å². The Hall–Kier alpha value is -2.36. The lowest BCUT2D eigenvalue weighted by atomic mass is 9.88. The van der Waals surface area contributed by atoms with Crippen molar-refractivity contribution in [2.45, 2.75) is 103 Å². The predicted octanol–water partition coefficient (Wildman–Crippen LogP) is 8.49. The number of carbonyl (C=O) groups excluding carboxylic acids is 1. The largest absolute Gasteiger partial charge is 0.493 e. The van der Waals surface area contributed by atoms with E-state index in [0.717, 1.165) is 44.3 Å². The minimum absolute atomic E-state index is 0.152. The Kier molecular flexibility index (Phi) is 11.6. The Balaban J connectivity index is 1.37. The second kappa shape index (κ2) is 14.9. The van der Waals surface area contributed by atoms with Crippen molar-refractivity contribution in [2.24, 2.45) is 5.92 Å². The van der Waals surface area contributed by atoms with Crippen molar-refractivity contribution in [3.05, 3.63) is 54.1 Å². The van der Waals surface area contributed by atoms with Crippen LogP contribution in [-0.2, 0) is 16.0 Å². The summed E-state index contributed by atoms with van der Waals surface area (Å²) >= 11 is 0. The van der Waals surface area contributed by atoms with E-state index in [1.54, 1.807) is 0 Å². The van der Waals surface area contributed by atoms with Gasteiger partial charge in [0.15, 0.2) is 6.17 Å². The van der Waals surface area contributed by atoms with Gasteiger partial charge in [-0.2, -0.15) is 0 Å². The number of alkyl halides is 1. The zero-order valence-corrected chi connectivity index (χ0v) is 21.6. The highest BCUT2D eigenvalue weighted by molar-refractivity contribution is 5.74. The molecule has 0 aliphatic heterocycles. The molecule has 192 valence electrons. The fraction of sp³-hybridized carbons (Fsp3) is 0.581. The number of hydrogen-bond donors (Lipinski definition) is 0. The van der Waals surface area contributed by atoms with Crippen LogP contribution in [-0.4, -0.2) is 24.9 Å². The smallest absolute Gasteiger partial charge is 0.340 e. The molecule has 2 aromatic carbocycles. The first kappa shape index (κ1) is 27.2. The molecule has 4 heteroatoms. The fourth-order valence-electron chi connectivity index (χ4n) is 4.73. The van der Waals surface area contributed by atoms with Crippen molar-refractivity contribution in [3.63, 3.8) is 0 Å². The third kappa shape index (κ3) is 9.31. The van der Waals surface area contributed by atoms with Crippen LogP contribution < -0.4 is 4.74 Å². The second-order valence-electron chi connectivity index (χ2n) is 10.0. The monoisotopic (exact) mass is 482 g/mol. The summed E-state index contributed by atoms with van der Waals surface area (Å²) in [5.41, 5.74) is 3.84. The van der Waals surface area contributed by atoms with Gasteiger partial charge in [-0.3, -0.25) is 0 Å². The molecule has 3 nitrogen and oxygen atoms in total. The number of esters is 1. The van der Waals surface area contributed by atoms with Gasteiger partial charge in [0, 0.05) is 0 Å². The molecular weight excluding hydrogens is 439 g/mol. The van der Waals surface area contributed by atoms with Crippen LogP contribution in [0.5, 0.6) is 5.75 Å². The number of rotatable bonds is 14. The number of halogens is 1. The third-order valence-corrected chi connectivity index (χ3v) is 7.09. The first-order chi connectivity index (χ1) is 17.1. The molecule has 1 aliphatic rings. The molecule has 1 fully saturated rings. The minimum atomic E-state index is -1.48. The number of benzene rings is 2. The Labute approximate surface area is 211 Å². The van der Waals surface area contributed by atoms with Gasteiger partial charge in [0.2, 0.25) is 0 Å². The average Bonchev–Trinajstić information content (AvgIpc) is 2.90. The quantitative estimate of drug-likeness (QED) is 0.200. The molecule has 0 radical (unpaired) electrons. The summed E-state index contributed by atoms with van der Waals surface area (Å²) in [6.07, 6.45) is 10.0. The number of aryl methyl sites for hydroxylation is 1. The zero-order chi connectivity index (χ0) is 24.9. The Bertz CT molecular complexity index is 854. The molecule has 35 heavy (non-hydrogen) atoms. The molecule has 0 amide bonds. The van der Waals surface area contributed by atoms with Gasteiger partial charge in [-0.05, 0) is 79.7 Å². The predicted molar refractivity (Wildman–Crippen MR) is 141 cm³/mol. The van der Waals surface area contributed by atoms with E-state index in [-0.39, 0.29) is 12.5 Å². The van der Waals surface area contributed by atoms with Gasteiger partial charge >= 0.3 is 5.97 Å². The number of hydrogen-bond acceptors (Lipinski definition) is 3. The van der Waals surface area contributed by atoms with Crippen molar-refractivity contribution >= 4 is 5.97 Å². The van der Waals surface area contributed by atoms with Crippen LogP contribution >= 0.6 is 0 Å². The maximum Gasteiger partial charge on any atom is 0.340 e. The van der Waals surface area contributed by atoms with Gasteiger partial charge in [-0.1, -0.05) is 82.3 Å². The molecule has 1 saturated carbocycles. The van der Waals surface area contributed by atoms with Gasteiger partial charge in [0.05, 0.1) is 6.61 Å². The van der Waals surface area contributed by atoms with E-state index in [2.05, 4.69) is 43.3 Å². The van der Waals surface area contributed by atoms with E-state index in [4.69, 9.17) is 9.47 Å². The summed E-state index contributed by atoms with van der Waals surface area (Å²) in [4.78, 5) is 11.9. The summed E-state index contributed by atoms with van der Waals surface area (Å²) in [7, 11) is 0. The molecule has 2 aromatic rings. The van der Waals surface area contributed by atoms with Crippen LogP contribution in [0, 0.1) is 5.92 Å². The fourth-order valence-corrected chi connectivity index (χ4v) is 4.73. The maximum atomic E-state index is 13.9. The molecule has 0 saturated heterocycles. The molecule has 3 rings (SSSR count).